The second kappa shape index (κ2) is 41.2. The molecule has 0 saturated carbocycles. The van der Waals surface area contributed by atoms with Crippen LogP contribution in [0.25, 0.3) is 28.3 Å². The second-order valence-corrected chi connectivity index (χ2v) is 40.7. The molecule has 7 amide bonds. The number of carbonyl (C=O) groups excluding carboxylic acids is 6. The molecule has 0 aliphatic heterocycles. The summed E-state index contributed by atoms with van der Waals surface area (Å²) >= 11 is 0. The van der Waals surface area contributed by atoms with Gasteiger partial charge in [-0.05, 0) is 245 Å². The first-order chi connectivity index (χ1) is 61.5. The first-order valence-electron chi connectivity index (χ1n) is 42.5. The molecule has 40 heteroatoms. The Bertz CT molecular complexity index is 6450. The van der Waals surface area contributed by atoms with Crippen LogP contribution < -0.4 is 34.3 Å². The number of nitrogens with one attached hydrogen (secondary N) is 6. The monoisotopic (exact) mass is 1860 g/mol. The Morgan fingerprint density at radius 1 is 0.569 bits per heavy atom. The van der Waals surface area contributed by atoms with E-state index in [9.17, 15) is 66.8 Å². The van der Waals surface area contributed by atoms with Gasteiger partial charge in [-0.25, -0.2) is 54.9 Å². The number of hydrogen-bond acceptors (Lipinski definition) is 24. The molecule has 15 rings (SSSR count). The average Bonchev–Trinajstić information content (AvgIpc) is 1.59. The van der Waals surface area contributed by atoms with Crippen LogP contribution in [0.3, 0.4) is 0 Å². The van der Waals surface area contributed by atoms with Crippen LogP contribution in [0.1, 0.15) is 153 Å². The lowest BCUT2D eigenvalue weighted by atomic mass is 9.90. The van der Waals surface area contributed by atoms with Crippen LogP contribution in [-0.4, -0.2) is 227 Å². The largest absolute Gasteiger partial charge is 0.481 e. The topological polar surface area (TPSA) is 438 Å². The molecule has 0 saturated heterocycles. The van der Waals surface area contributed by atoms with Crippen molar-refractivity contribution in [2.75, 3.05) is 93.0 Å². The minimum Gasteiger partial charge on any atom is -0.481 e. The number of amides is 7. The molecule has 0 atom stereocenters. The van der Waals surface area contributed by atoms with Crippen molar-refractivity contribution in [1.82, 2.24) is 83.3 Å². The number of sulfonamides is 3. The molecule has 5 aliphatic carbocycles. The van der Waals surface area contributed by atoms with Crippen molar-refractivity contribution in [3.63, 3.8) is 0 Å². The molecule has 0 bridgehead atoms. The van der Waals surface area contributed by atoms with Crippen molar-refractivity contribution in [1.29, 1.82) is 0 Å². The summed E-state index contributed by atoms with van der Waals surface area (Å²) in [4.78, 5) is 90.4. The lowest BCUT2D eigenvalue weighted by molar-refractivity contribution is -0.119. The van der Waals surface area contributed by atoms with Crippen LogP contribution >= 0.6 is 0 Å². The number of fused-ring (bicyclic) bond motifs is 5. The minimum absolute atomic E-state index is 0.0139. The molecule has 6 N–H and O–H groups in total. The van der Waals surface area contributed by atoms with E-state index in [1.54, 1.807) is 54.1 Å². The second-order valence-electron chi connectivity index (χ2n) is 33.8. The highest BCUT2D eigenvalue weighted by Crippen LogP contribution is 2.42. The first-order valence-corrected chi connectivity index (χ1v) is 48.6. The van der Waals surface area contributed by atoms with Gasteiger partial charge in [-0.1, -0.05) is 50.3 Å². The number of methoxy groups -OCH3 is 1. The number of nitrogens with zero attached hydrogens (tertiary/aromatic N) is 13. The molecule has 130 heavy (non-hydrogen) atoms. The number of pyridine rings is 2. The third-order valence-corrected chi connectivity index (χ3v) is 27.8. The average molecular weight is 1860 g/mol. The zero-order valence-electron chi connectivity index (χ0n) is 75.2. The third-order valence-electron chi connectivity index (χ3n) is 22.4. The number of rotatable bonds is 29. The molecule has 6 heterocycles. The van der Waals surface area contributed by atoms with E-state index in [-0.39, 0.29) is 56.9 Å². The standard InChI is InChI=1S/C25H31FN6O5S.C24H26N4O5S.C21H28N4O3S.C20H25N5O3S/c1-14(2)18-11-17(26)12-19(16-8-9-27-21(10-16)37-15(3)4)23(18)28-25(34)30-38(35,36)22-13-20(32(7)29-22)24(33)31(5)6;1-28(2)24(30)21-13-23(27-26-21)34(31,32)14-17(29)12-20-18-6-4-5-15(18)7-8-19(20)16-9-10-25-22(11-16)33-3;1-24(2)9-10-25-14-17(13-22-25)29(27,28)23-21(26)12-20-18-7-3-5-15(18)11-16-6-4-8-19(16)20;1-24(2)11-12-25-10-9-18(22-25)29(27,28)23-20(26)21-19-16-7-3-5-14(16)13-15-6-4-8-17(15)19/h8-15H,1-7H3,(H2,28,30,34);7-11,13H,4-6,12,14H2,1-3H3,(H,26,27);11,13-14H,3-10,12H2,1-2H3,(H,23,26);3,7,9-10,13H,4-6,8,11-12H2,1-2H3,(H2,21,23,26). The van der Waals surface area contributed by atoms with Crippen LogP contribution in [0.4, 0.5) is 25.4 Å². The Balaban J connectivity index is 0.000000158. The van der Waals surface area contributed by atoms with Gasteiger partial charge in [-0.3, -0.25) is 38.3 Å². The summed E-state index contributed by atoms with van der Waals surface area (Å²) in [6, 6.07) is 19.8. The van der Waals surface area contributed by atoms with Gasteiger partial charge in [0.15, 0.2) is 26.6 Å². The van der Waals surface area contributed by atoms with Gasteiger partial charge in [0.05, 0.1) is 50.3 Å². The molecule has 692 valence electrons. The Kier molecular flexibility index (Phi) is 30.6. The lowest BCUT2D eigenvalue weighted by Crippen LogP contribution is -2.35. The quantitative estimate of drug-likeness (QED) is 0.0254. The molecule has 0 spiro atoms. The summed E-state index contributed by atoms with van der Waals surface area (Å²) < 4.78 is 138. The van der Waals surface area contributed by atoms with Gasteiger partial charge in [-0.2, -0.15) is 37.2 Å². The number of allylic oxidation sites excluding steroid dienone is 1. The fourth-order valence-electron chi connectivity index (χ4n) is 16.2. The number of anilines is 2. The molecule has 4 aromatic carbocycles. The Morgan fingerprint density at radius 3 is 1.75 bits per heavy atom. The van der Waals surface area contributed by atoms with Crippen molar-refractivity contribution in [2.24, 2.45) is 7.05 Å². The fourth-order valence-corrected chi connectivity index (χ4v) is 20.1. The van der Waals surface area contributed by atoms with E-state index in [1.165, 1.54) is 120 Å². The van der Waals surface area contributed by atoms with Crippen molar-refractivity contribution in [3.8, 4) is 34.0 Å². The summed E-state index contributed by atoms with van der Waals surface area (Å²) in [5, 5.41) is 22.7. The maximum atomic E-state index is 14.6. The Labute approximate surface area is 756 Å². The molecule has 0 radical (unpaired) electrons. The molecule has 0 unspecified atom stereocenters. The predicted molar refractivity (Wildman–Crippen MR) is 487 cm³/mol. The Hall–Kier alpha value is -12.4. The number of aryl methyl sites for hydroxylation is 5. The van der Waals surface area contributed by atoms with E-state index in [0.717, 1.165) is 152 Å². The number of likely N-dealkylation sites (N-methyl/N-ethyl adjacent to an activating group) is 2. The van der Waals surface area contributed by atoms with Gasteiger partial charge < -0.3 is 39.7 Å². The van der Waals surface area contributed by atoms with E-state index < -0.39 is 92.1 Å². The lowest BCUT2D eigenvalue weighted by Gasteiger charge is -2.19. The number of Topliss-reactive ketones (excluding diaryl/α,β-unsaturated/α-hetero) is 1. The number of urea groups is 2. The molecule has 10 aromatic rings. The van der Waals surface area contributed by atoms with Crippen LogP contribution in [-0.2, 0) is 140 Å². The highest BCUT2D eigenvalue weighted by molar-refractivity contribution is 7.92. The van der Waals surface area contributed by atoms with Crippen LogP contribution in [0.5, 0.6) is 11.8 Å². The van der Waals surface area contributed by atoms with Gasteiger partial charge in [0.1, 0.15) is 22.2 Å². The van der Waals surface area contributed by atoms with E-state index in [4.69, 9.17) is 9.47 Å². The van der Waals surface area contributed by atoms with E-state index >= 15 is 0 Å². The van der Waals surface area contributed by atoms with E-state index in [2.05, 4.69) is 79.8 Å². The number of sulfone groups is 1. The fraction of sp³-hybridized carbons (Fsp3) is 0.400. The molecule has 6 aromatic heterocycles. The first kappa shape index (κ1) is 96.7. The van der Waals surface area contributed by atoms with E-state index in [0.29, 0.717) is 41.5 Å². The van der Waals surface area contributed by atoms with Crippen molar-refractivity contribution < 1.29 is 76.3 Å². The maximum Gasteiger partial charge on any atom is 0.333 e. The normalized spacial score (nSPS) is 13.5. The number of H-pyrrole nitrogens is 1. The smallest absolute Gasteiger partial charge is 0.333 e. The highest BCUT2D eigenvalue weighted by atomic mass is 32.2. The number of halogens is 1. The predicted octanol–water partition coefficient (Wildman–Crippen LogP) is 9.48. The number of hydrogen-bond donors (Lipinski definition) is 6. The number of aromatic amines is 1. The maximum absolute atomic E-state index is 14.6. The number of benzene rings is 4. The molecular weight excluding hydrogens is 1750 g/mol. The summed E-state index contributed by atoms with van der Waals surface area (Å²) in [5.74, 6) is -2.46. The minimum atomic E-state index is -4.45. The molecular formula is C90H110FN19O16S4. The SMILES string of the molecule is CC(C)Oc1cc(-c2cc(F)cc(C(C)C)c2NC(=O)NS(=O)(=O)c2cc(C(=O)N(C)C)n(C)n2)ccn1.CN(C)CCn1cc(S(=O)(=O)NC(=O)Cc2c3c(cc4c2CCC4)CCC3)cn1.CN(C)CCn1ccc(S(=O)(=O)NC(=O)Nc2c3c(cc4c2CCC4)CC=C3)n1.COc1cc(-c2ccc3c(c2CC(=O)CS(=O)(=O)c2cc(C(=O)N(C)C)n[nH]2)CCC3)ccn1. The number of ether oxygens (including phenoxy) is 2. The van der Waals surface area contributed by atoms with Crippen LogP contribution in [0.2, 0.25) is 0 Å². The zero-order chi connectivity index (χ0) is 94.0. The molecule has 0 fully saturated rings. The summed E-state index contributed by atoms with van der Waals surface area (Å²) in [6.07, 6.45) is 24.3. The van der Waals surface area contributed by atoms with Gasteiger partial charge in [-0.15, -0.1) is 0 Å². The van der Waals surface area contributed by atoms with Gasteiger partial charge in [0.2, 0.25) is 27.5 Å². The number of aromatic nitrogens is 10. The summed E-state index contributed by atoms with van der Waals surface area (Å²) in [6.45, 7) is 9.93. The van der Waals surface area contributed by atoms with Gasteiger partial charge in [0, 0.05) is 115 Å². The molecule has 5 aliphatic rings. The zero-order valence-corrected chi connectivity index (χ0v) is 78.5. The van der Waals surface area contributed by atoms with Crippen molar-refractivity contribution in [2.45, 2.75) is 169 Å². The van der Waals surface area contributed by atoms with Crippen molar-refractivity contribution in [3.05, 3.63) is 205 Å². The number of carbonyl (C=O) groups is 6. The van der Waals surface area contributed by atoms with Crippen LogP contribution in [0.15, 0.2) is 136 Å². The summed E-state index contributed by atoms with van der Waals surface area (Å²) in [5.41, 5.74) is 17.9. The molecule has 35 nitrogen and oxygen atoms in total. The van der Waals surface area contributed by atoms with Crippen LogP contribution in [0, 0.1) is 5.82 Å². The summed E-state index contributed by atoms with van der Waals surface area (Å²) in [7, 11) is 0.415. The van der Waals surface area contributed by atoms with Gasteiger partial charge >= 0.3 is 12.1 Å². The number of ketones is 1. The third kappa shape index (κ3) is 23.6. The van der Waals surface area contributed by atoms with Gasteiger partial charge in [0.25, 0.3) is 41.9 Å². The van der Waals surface area contributed by atoms with E-state index in [1.807, 2.05) is 88.6 Å². The van der Waals surface area contributed by atoms with Crippen molar-refractivity contribution >= 4 is 92.9 Å². The highest BCUT2D eigenvalue weighted by Gasteiger charge is 2.33. The Morgan fingerprint density at radius 2 is 1.14 bits per heavy atom.